The number of hydrogen-bond acceptors (Lipinski definition) is 8. The minimum absolute atomic E-state index is 0.0599. The van der Waals surface area contributed by atoms with E-state index in [1.165, 1.54) is 48.5 Å². The van der Waals surface area contributed by atoms with Gasteiger partial charge in [-0.3, -0.25) is 9.59 Å². The van der Waals surface area contributed by atoms with Gasteiger partial charge in [0.15, 0.2) is 0 Å². The van der Waals surface area contributed by atoms with Crippen molar-refractivity contribution in [2.75, 3.05) is 13.2 Å². The number of aromatic carboxylic acids is 2. The quantitative estimate of drug-likeness (QED) is 0.415. The summed E-state index contributed by atoms with van der Waals surface area (Å²) in [5.74, 6) is -2.38. The first-order valence-electron chi connectivity index (χ1n) is 10.4. The fourth-order valence-electron chi connectivity index (χ4n) is 2.65. The largest absolute Gasteiger partial charge is 0.490 e. The molecule has 0 fully saturated rings. The molecule has 0 bridgehead atoms. The molecule has 0 aliphatic rings. The molecule has 2 N–H and O–H groups in total. The van der Waals surface area contributed by atoms with Crippen molar-refractivity contribution in [2.45, 2.75) is 38.9 Å². The summed E-state index contributed by atoms with van der Waals surface area (Å²) < 4.78 is 21.3. The first kappa shape index (κ1) is 26.2. The van der Waals surface area contributed by atoms with Gasteiger partial charge in [0, 0.05) is 0 Å². The topological polar surface area (TPSA) is 146 Å². The van der Waals surface area contributed by atoms with E-state index < -0.39 is 36.1 Å². The van der Waals surface area contributed by atoms with Crippen molar-refractivity contribution in [3.05, 3.63) is 59.7 Å². The van der Waals surface area contributed by atoms with Crippen LogP contribution < -0.4 is 9.47 Å². The van der Waals surface area contributed by atoms with Crippen LogP contribution >= 0.6 is 0 Å². The number of hydrogen-bond donors (Lipinski definition) is 2. The van der Waals surface area contributed by atoms with Gasteiger partial charge in [0.2, 0.25) is 0 Å². The standard InChI is InChI=1S/C24H26O10/c1-15(13-31-19-7-3-17(4-8-19)23(27)28)33-21(25)11-12-22(26)34-16(2)14-32-20-9-5-18(6-10-20)24(29)30/h3-10,15-16H,11-14H2,1-2H3,(H,27,28)(H,29,30). The van der Waals surface area contributed by atoms with E-state index in [0.717, 1.165) is 0 Å². The van der Waals surface area contributed by atoms with Gasteiger partial charge >= 0.3 is 23.9 Å². The van der Waals surface area contributed by atoms with Gasteiger partial charge in [-0.1, -0.05) is 0 Å². The molecule has 0 aliphatic heterocycles. The van der Waals surface area contributed by atoms with Gasteiger partial charge in [-0.15, -0.1) is 0 Å². The van der Waals surface area contributed by atoms with Crippen LogP contribution in [0.15, 0.2) is 48.5 Å². The van der Waals surface area contributed by atoms with Crippen molar-refractivity contribution in [3.63, 3.8) is 0 Å². The first-order chi connectivity index (χ1) is 16.1. The van der Waals surface area contributed by atoms with Crippen molar-refractivity contribution in [2.24, 2.45) is 0 Å². The monoisotopic (exact) mass is 474 g/mol. The molecule has 0 saturated carbocycles. The molecule has 0 aliphatic carbocycles. The predicted octanol–water partition coefficient (Wildman–Crippen LogP) is 3.18. The average Bonchev–Trinajstić information content (AvgIpc) is 2.80. The molecule has 10 heteroatoms. The zero-order valence-corrected chi connectivity index (χ0v) is 18.8. The minimum atomic E-state index is -1.04. The van der Waals surface area contributed by atoms with Crippen LogP contribution in [-0.2, 0) is 19.1 Å². The predicted molar refractivity (Wildman–Crippen MR) is 118 cm³/mol. The molecule has 2 aromatic rings. The number of esters is 2. The number of rotatable bonds is 13. The van der Waals surface area contributed by atoms with Gasteiger partial charge in [-0.2, -0.15) is 0 Å². The summed E-state index contributed by atoms with van der Waals surface area (Å²) in [6, 6.07) is 11.6. The third-order valence-corrected chi connectivity index (χ3v) is 4.37. The minimum Gasteiger partial charge on any atom is -0.490 e. The number of carbonyl (C=O) groups is 4. The zero-order chi connectivity index (χ0) is 25.1. The maximum Gasteiger partial charge on any atom is 0.335 e. The van der Waals surface area contributed by atoms with Crippen LogP contribution in [0.2, 0.25) is 0 Å². The van der Waals surface area contributed by atoms with E-state index in [0.29, 0.717) is 11.5 Å². The summed E-state index contributed by atoms with van der Waals surface area (Å²) in [5.41, 5.74) is 0.267. The van der Waals surface area contributed by atoms with E-state index in [1.807, 2.05) is 0 Å². The molecule has 0 heterocycles. The second-order valence-electron chi connectivity index (χ2n) is 7.38. The highest BCUT2D eigenvalue weighted by Crippen LogP contribution is 2.14. The molecule has 0 amide bonds. The van der Waals surface area contributed by atoms with Crippen LogP contribution in [0.1, 0.15) is 47.4 Å². The third kappa shape index (κ3) is 9.19. The lowest BCUT2D eigenvalue weighted by molar-refractivity contribution is -0.156. The fraction of sp³-hybridized carbons (Fsp3) is 0.333. The summed E-state index contributed by atoms with van der Waals surface area (Å²) in [7, 11) is 0. The Bertz CT molecular complexity index is 900. The van der Waals surface area contributed by atoms with Crippen molar-refractivity contribution in [1.29, 1.82) is 0 Å². The number of carboxylic acids is 2. The lowest BCUT2D eigenvalue weighted by Gasteiger charge is -2.16. The summed E-state index contributed by atoms with van der Waals surface area (Å²) in [6.45, 7) is 3.38. The molecule has 2 atom stereocenters. The number of benzene rings is 2. The molecule has 2 unspecified atom stereocenters. The van der Waals surface area contributed by atoms with E-state index >= 15 is 0 Å². The molecular weight excluding hydrogens is 448 g/mol. The molecular formula is C24H26O10. The Hall–Kier alpha value is -4.08. The Morgan fingerprint density at radius 1 is 0.647 bits per heavy atom. The highest BCUT2D eigenvalue weighted by atomic mass is 16.6. The third-order valence-electron chi connectivity index (χ3n) is 4.37. The molecule has 0 aromatic heterocycles. The Morgan fingerprint density at radius 2 is 0.971 bits per heavy atom. The van der Waals surface area contributed by atoms with Crippen molar-refractivity contribution in [1.82, 2.24) is 0 Å². The van der Waals surface area contributed by atoms with Gasteiger partial charge in [0.1, 0.15) is 36.9 Å². The molecule has 0 radical (unpaired) electrons. The molecule has 10 nitrogen and oxygen atoms in total. The highest BCUT2D eigenvalue weighted by molar-refractivity contribution is 5.88. The summed E-state index contributed by atoms with van der Waals surface area (Å²) in [4.78, 5) is 45.6. The normalized spacial score (nSPS) is 12.2. The molecule has 0 saturated heterocycles. The van der Waals surface area contributed by atoms with E-state index in [2.05, 4.69) is 0 Å². The number of carboxylic acid groups (broad SMARTS) is 2. The van der Waals surface area contributed by atoms with Gasteiger partial charge in [-0.05, 0) is 62.4 Å². The molecule has 182 valence electrons. The fourth-order valence-corrected chi connectivity index (χ4v) is 2.65. The van der Waals surface area contributed by atoms with Crippen LogP contribution in [0.3, 0.4) is 0 Å². The summed E-state index contributed by atoms with van der Waals surface area (Å²) in [6.07, 6.45) is -1.49. The first-order valence-corrected chi connectivity index (χ1v) is 10.4. The Balaban J connectivity index is 1.63. The average molecular weight is 474 g/mol. The SMILES string of the molecule is CC(COc1ccc(C(=O)O)cc1)OC(=O)CCC(=O)OC(C)COc1ccc(C(=O)O)cc1. The lowest BCUT2D eigenvalue weighted by Crippen LogP contribution is -2.24. The second-order valence-corrected chi connectivity index (χ2v) is 7.38. The zero-order valence-electron chi connectivity index (χ0n) is 18.8. The van der Waals surface area contributed by atoms with Gasteiger partial charge in [-0.25, -0.2) is 9.59 Å². The van der Waals surface area contributed by atoms with Gasteiger partial charge in [0.05, 0.1) is 24.0 Å². The Kier molecular flexibility index (Phi) is 9.88. The van der Waals surface area contributed by atoms with Gasteiger partial charge in [0.25, 0.3) is 0 Å². The summed E-state index contributed by atoms with van der Waals surface area (Å²) in [5, 5.41) is 17.7. The summed E-state index contributed by atoms with van der Waals surface area (Å²) >= 11 is 0. The Labute approximate surface area is 196 Å². The van der Waals surface area contributed by atoms with Crippen LogP contribution in [0.25, 0.3) is 0 Å². The van der Waals surface area contributed by atoms with Crippen molar-refractivity contribution >= 4 is 23.9 Å². The maximum atomic E-state index is 11.9. The van der Waals surface area contributed by atoms with E-state index in [-0.39, 0.29) is 37.2 Å². The van der Waals surface area contributed by atoms with Gasteiger partial charge < -0.3 is 29.2 Å². The number of carbonyl (C=O) groups excluding carboxylic acids is 2. The Morgan fingerprint density at radius 3 is 1.26 bits per heavy atom. The second kappa shape index (κ2) is 12.8. The molecule has 2 rings (SSSR count). The van der Waals surface area contributed by atoms with Crippen LogP contribution in [0.4, 0.5) is 0 Å². The molecule has 34 heavy (non-hydrogen) atoms. The molecule has 2 aromatic carbocycles. The van der Waals surface area contributed by atoms with E-state index in [4.69, 9.17) is 29.2 Å². The van der Waals surface area contributed by atoms with Crippen LogP contribution in [0, 0.1) is 0 Å². The van der Waals surface area contributed by atoms with Crippen LogP contribution in [-0.4, -0.2) is 59.5 Å². The van der Waals surface area contributed by atoms with Crippen molar-refractivity contribution in [3.8, 4) is 11.5 Å². The smallest absolute Gasteiger partial charge is 0.335 e. The maximum absolute atomic E-state index is 11.9. The lowest BCUT2D eigenvalue weighted by atomic mass is 10.2. The molecule has 0 spiro atoms. The van der Waals surface area contributed by atoms with Crippen LogP contribution in [0.5, 0.6) is 11.5 Å². The van der Waals surface area contributed by atoms with Crippen molar-refractivity contribution < 1.29 is 48.3 Å². The van der Waals surface area contributed by atoms with E-state index in [1.54, 1.807) is 13.8 Å². The highest BCUT2D eigenvalue weighted by Gasteiger charge is 2.16. The number of ether oxygens (including phenoxy) is 4. The van der Waals surface area contributed by atoms with E-state index in [9.17, 15) is 19.2 Å².